The molecule has 3 nitrogen and oxygen atoms in total. The van der Waals surface area contributed by atoms with E-state index in [2.05, 4.69) is 16.6 Å². The van der Waals surface area contributed by atoms with Crippen molar-refractivity contribution in [3.63, 3.8) is 0 Å². The summed E-state index contributed by atoms with van der Waals surface area (Å²) >= 11 is 0. The molecular weight excluding hydrogens is 253 g/mol. The first kappa shape index (κ1) is 12.5. The van der Waals surface area contributed by atoms with Crippen molar-refractivity contribution in [1.82, 2.24) is 9.88 Å². The molecule has 0 N–H and O–H groups in total. The molecule has 2 aromatic rings. The fraction of sp³-hybridized carbons (Fsp3) is 0.125. The van der Waals surface area contributed by atoms with E-state index < -0.39 is 0 Å². The fourth-order valence-corrected chi connectivity index (χ4v) is 2.28. The van der Waals surface area contributed by atoms with Crippen molar-refractivity contribution in [1.29, 1.82) is 0 Å². The highest BCUT2D eigenvalue weighted by Gasteiger charge is 2.21. The molecule has 20 heavy (non-hydrogen) atoms. The first-order valence-electron chi connectivity index (χ1n) is 6.37. The summed E-state index contributed by atoms with van der Waals surface area (Å²) in [5, 5.41) is 0. The predicted octanol–water partition coefficient (Wildman–Crippen LogP) is 3.76. The lowest BCUT2D eigenvalue weighted by Gasteiger charge is -2.30. The van der Waals surface area contributed by atoms with Crippen LogP contribution in [0.15, 0.2) is 54.2 Å². The van der Waals surface area contributed by atoms with Crippen LogP contribution in [0, 0.1) is 5.82 Å². The van der Waals surface area contributed by atoms with Gasteiger partial charge in [-0.3, -0.25) is 4.98 Å². The number of aromatic nitrogens is 1. The molecule has 0 bridgehead atoms. The Balaban J connectivity index is 1.97. The summed E-state index contributed by atoms with van der Waals surface area (Å²) in [4.78, 5) is 10.8. The zero-order valence-corrected chi connectivity index (χ0v) is 11.2. The van der Waals surface area contributed by atoms with Crippen LogP contribution in [0.5, 0.6) is 0 Å². The van der Waals surface area contributed by atoms with Crippen molar-refractivity contribution in [3.8, 4) is 0 Å². The number of halogens is 1. The van der Waals surface area contributed by atoms with Crippen LogP contribution in [0.2, 0.25) is 0 Å². The van der Waals surface area contributed by atoms with Crippen LogP contribution in [0.4, 0.5) is 10.1 Å². The van der Waals surface area contributed by atoms with Gasteiger partial charge in [-0.2, -0.15) is 0 Å². The van der Waals surface area contributed by atoms with Gasteiger partial charge in [-0.25, -0.2) is 9.38 Å². The van der Waals surface area contributed by atoms with Gasteiger partial charge in [0.15, 0.2) is 0 Å². The van der Waals surface area contributed by atoms with Crippen molar-refractivity contribution in [2.45, 2.75) is 13.5 Å². The third-order valence-electron chi connectivity index (χ3n) is 3.31. The zero-order valence-electron chi connectivity index (χ0n) is 11.2. The molecule has 0 unspecified atom stereocenters. The van der Waals surface area contributed by atoms with E-state index in [1.807, 2.05) is 30.0 Å². The molecule has 0 atom stereocenters. The van der Waals surface area contributed by atoms with Crippen LogP contribution in [0.3, 0.4) is 0 Å². The molecule has 1 aliphatic rings. The van der Waals surface area contributed by atoms with E-state index in [-0.39, 0.29) is 5.82 Å². The smallest absolute Gasteiger partial charge is 0.124 e. The molecule has 0 saturated carbocycles. The number of benzene rings is 1. The van der Waals surface area contributed by atoms with Gasteiger partial charge < -0.3 is 4.90 Å². The van der Waals surface area contributed by atoms with E-state index in [0.717, 1.165) is 28.5 Å². The Morgan fingerprint density at radius 2 is 2.10 bits per heavy atom. The molecule has 0 aliphatic carbocycles. The quantitative estimate of drug-likeness (QED) is 0.829. The molecule has 0 saturated heterocycles. The standard InChI is InChI=1S/C16H14FN3/c1-11-15-9-13(17)6-7-16(15)19-12(2)20(11)10-14-5-3-4-8-18-14/h3-9H,1,10H2,2H3. The van der Waals surface area contributed by atoms with Crippen molar-refractivity contribution < 1.29 is 4.39 Å². The second kappa shape index (κ2) is 4.89. The highest BCUT2D eigenvalue weighted by atomic mass is 19.1. The maximum absolute atomic E-state index is 13.4. The molecular formula is C16H14FN3. The molecule has 100 valence electrons. The van der Waals surface area contributed by atoms with Crippen LogP contribution in [-0.4, -0.2) is 15.7 Å². The lowest BCUT2D eigenvalue weighted by molar-refractivity contribution is 0.558. The van der Waals surface area contributed by atoms with Crippen molar-refractivity contribution in [3.05, 3.63) is 66.2 Å². The molecule has 1 aliphatic heterocycles. The summed E-state index contributed by atoms with van der Waals surface area (Å²) in [6, 6.07) is 10.3. The molecule has 0 spiro atoms. The van der Waals surface area contributed by atoms with Crippen LogP contribution < -0.4 is 0 Å². The highest BCUT2D eigenvalue weighted by Crippen LogP contribution is 2.34. The second-order valence-corrected chi connectivity index (χ2v) is 4.67. The maximum atomic E-state index is 13.4. The molecule has 0 radical (unpaired) electrons. The van der Waals surface area contributed by atoms with Gasteiger partial charge in [0.25, 0.3) is 0 Å². The number of amidine groups is 1. The number of aliphatic imine (C=N–C) groups is 1. The van der Waals surface area contributed by atoms with Crippen LogP contribution in [0.25, 0.3) is 5.70 Å². The fourth-order valence-electron chi connectivity index (χ4n) is 2.28. The molecule has 1 aromatic heterocycles. The second-order valence-electron chi connectivity index (χ2n) is 4.67. The third-order valence-corrected chi connectivity index (χ3v) is 3.31. The first-order chi connectivity index (χ1) is 9.65. The van der Waals surface area contributed by atoms with Gasteiger partial charge in [-0.15, -0.1) is 0 Å². The lowest BCUT2D eigenvalue weighted by Crippen LogP contribution is -2.29. The number of hydrogen-bond donors (Lipinski definition) is 0. The van der Waals surface area contributed by atoms with Gasteiger partial charge in [-0.05, 0) is 37.3 Å². The van der Waals surface area contributed by atoms with Gasteiger partial charge in [0.05, 0.1) is 17.9 Å². The molecule has 0 fully saturated rings. The van der Waals surface area contributed by atoms with Crippen LogP contribution >= 0.6 is 0 Å². The average Bonchev–Trinajstić information content (AvgIpc) is 2.46. The average molecular weight is 267 g/mol. The van der Waals surface area contributed by atoms with E-state index in [1.165, 1.54) is 12.1 Å². The summed E-state index contributed by atoms with van der Waals surface area (Å²) in [5.74, 6) is 0.553. The Morgan fingerprint density at radius 3 is 2.85 bits per heavy atom. The Hall–Kier alpha value is -2.49. The molecule has 3 rings (SSSR count). The molecule has 0 amide bonds. The maximum Gasteiger partial charge on any atom is 0.124 e. The highest BCUT2D eigenvalue weighted by molar-refractivity contribution is 5.96. The number of nitrogens with zero attached hydrogens (tertiary/aromatic N) is 3. The zero-order chi connectivity index (χ0) is 14.1. The minimum Gasteiger partial charge on any atom is -0.324 e. The van der Waals surface area contributed by atoms with Crippen molar-refractivity contribution in [2.75, 3.05) is 0 Å². The Labute approximate surface area is 117 Å². The number of hydrogen-bond acceptors (Lipinski definition) is 3. The number of fused-ring (bicyclic) bond motifs is 1. The van der Waals surface area contributed by atoms with Gasteiger partial charge in [-0.1, -0.05) is 12.6 Å². The summed E-state index contributed by atoms with van der Waals surface area (Å²) in [6.45, 7) is 6.57. The monoisotopic (exact) mass is 267 g/mol. The summed E-state index contributed by atoms with van der Waals surface area (Å²) < 4.78 is 13.4. The minimum absolute atomic E-state index is 0.280. The van der Waals surface area contributed by atoms with Crippen molar-refractivity contribution >= 4 is 17.2 Å². The van der Waals surface area contributed by atoms with E-state index in [1.54, 1.807) is 12.3 Å². The number of pyridine rings is 1. The van der Waals surface area contributed by atoms with E-state index in [4.69, 9.17) is 0 Å². The van der Waals surface area contributed by atoms with Gasteiger partial charge >= 0.3 is 0 Å². The van der Waals surface area contributed by atoms with E-state index >= 15 is 0 Å². The number of rotatable bonds is 2. The van der Waals surface area contributed by atoms with Gasteiger partial charge in [0, 0.05) is 17.5 Å². The van der Waals surface area contributed by atoms with Crippen LogP contribution in [-0.2, 0) is 6.54 Å². The van der Waals surface area contributed by atoms with Gasteiger partial charge in [0.2, 0.25) is 0 Å². The van der Waals surface area contributed by atoms with E-state index in [9.17, 15) is 4.39 Å². The van der Waals surface area contributed by atoms with E-state index in [0.29, 0.717) is 6.54 Å². The topological polar surface area (TPSA) is 28.5 Å². The predicted molar refractivity (Wildman–Crippen MR) is 78.0 cm³/mol. The van der Waals surface area contributed by atoms with Crippen LogP contribution in [0.1, 0.15) is 18.2 Å². The third kappa shape index (κ3) is 2.20. The first-order valence-corrected chi connectivity index (χ1v) is 6.37. The summed E-state index contributed by atoms with van der Waals surface area (Å²) in [6.07, 6.45) is 1.75. The van der Waals surface area contributed by atoms with Crippen molar-refractivity contribution in [2.24, 2.45) is 4.99 Å². The lowest BCUT2D eigenvalue weighted by atomic mass is 10.1. The Morgan fingerprint density at radius 1 is 1.25 bits per heavy atom. The normalized spacial score (nSPS) is 14.0. The summed E-state index contributed by atoms with van der Waals surface area (Å²) in [5.41, 5.74) is 3.15. The summed E-state index contributed by atoms with van der Waals surface area (Å²) in [7, 11) is 0. The van der Waals surface area contributed by atoms with Gasteiger partial charge in [0.1, 0.15) is 11.7 Å². The molecule has 2 heterocycles. The Bertz CT molecular complexity index is 692. The Kier molecular flexibility index (Phi) is 3.06. The molecule has 4 heteroatoms. The largest absolute Gasteiger partial charge is 0.324 e. The SMILES string of the molecule is C=C1c2cc(F)ccc2N=C(C)N1Cc1ccccn1. The minimum atomic E-state index is -0.280. The molecule has 1 aromatic carbocycles.